The first-order valence-electron chi connectivity index (χ1n) is 8.98. The van der Waals surface area contributed by atoms with E-state index in [4.69, 9.17) is 5.73 Å². The molecule has 0 spiro atoms. The average molecular weight is 406 g/mol. The smallest absolute Gasteiger partial charge is 0.266 e. The third-order valence-electron chi connectivity index (χ3n) is 3.91. The van der Waals surface area contributed by atoms with E-state index in [0.717, 1.165) is 0 Å². The van der Waals surface area contributed by atoms with Crippen molar-refractivity contribution in [3.63, 3.8) is 0 Å². The lowest BCUT2D eigenvalue weighted by Crippen LogP contribution is -2.45. The zero-order valence-corrected chi connectivity index (χ0v) is 16.5. The van der Waals surface area contributed by atoms with Gasteiger partial charge in [0.2, 0.25) is 5.91 Å². The molecule has 11 heteroatoms. The summed E-state index contributed by atoms with van der Waals surface area (Å²) in [6, 6.07) is 8.07. The molecule has 11 nitrogen and oxygen atoms in total. The van der Waals surface area contributed by atoms with Crippen LogP contribution in [-0.4, -0.2) is 66.1 Å². The van der Waals surface area contributed by atoms with Gasteiger partial charge < -0.3 is 16.4 Å². The van der Waals surface area contributed by atoms with Gasteiger partial charge in [0.15, 0.2) is 16.6 Å². The molecule has 0 saturated carbocycles. The summed E-state index contributed by atoms with van der Waals surface area (Å²) in [6.45, 7) is 1.65. The third kappa shape index (κ3) is 9.96. The summed E-state index contributed by atoms with van der Waals surface area (Å²) in [5, 5.41) is 17.3. The lowest BCUT2D eigenvalue weighted by atomic mass is 10.1. The molecule has 1 aromatic carbocycles. The SMILES string of the molecule is CC(=O)[C@H](CCCN/C(N)=N\[N+](=O)[O-])NC(=O)CN(C)CC(=O)c1ccccc1. The van der Waals surface area contributed by atoms with Crippen LogP contribution in [0.15, 0.2) is 35.4 Å². The molecule has 0 heterocycles. The van der Waals surface area contributed by atoms with E-state index in [-0.39, 0.29) is 43.1 Å². The topological polar surface area (TPSA) is 160 Å². The third-order valence-corrected chi connectivity index (χ3v) is 3.91. The predicted octanol–water partition coefficient (Wildman–Crippen LogP) is -0.249. The number of rotatable bonds is 12. The molecule has 4 N–H and O–H groups in total. The fourth-order valence-electron chi connectivity index (χ4n) is 2.52. The van der Waals surface area contributed by atoms with Crippen LogP contribution in [0.1, 0.15) is 30.1 Å². The van der Waals surface area contributed by atoms with Gasteiger partial charge in [-0.05, 0) is 26.8 Å². The minimum Gasteiger partial charge on any atom is -0.365 e. The lowest BCUT2D eigenvalue weighted by Gasteiger charge is -2.19. The maximum atomic E-state index is 12.2. The van der Waals surface area contributed by atoms with Crippen LogP contribution in [0.3, 0.4) is 0 Å². The summed E-state index contributed by atoms with van der Waals surface area (Å²) in [7, 11) is 1.64. The van der Waals surface area contributed by atoms with Gasteiger partial charge in [0.1, 0.15) is 5.10 Å². The zero-order valence-electron chi connectivity index (χ0n) is 16.5. The number of nitrogens with zero attached hydrogens (tertiary/aromatic N) is 3. The first-order valence-corrected chi connectivity index (χ1v) is 8.98. The van der Waals surface area contributed by atoms with Crippen LogP contribution in [0, 0.1) is 10.1 Å². The second kappa shape index (κ2) is 12.2. The number of ketones is 2. The van der Waals surface area contributed by atoms with Gasteiger partial charge in [0.25, 0.3) is 5.96 Å². The van der Waals surface area contributed by atoms with E-state index in [9.17, 15) is 24.5 Å². The number of nitrogens with one attached hydrogen (secondary N) is 2. The monoisotopic (exact) mass is 406 g/mol. The van der Waals surface area contributed by atoms with E-state index in [0.29, 0.717) is 18.4 Å². The van der Waals surface area contributed by atoms with Crippen molar-refractivity contribution < 1.29 is 19.4 Å². The number of Topliss-reactive ketones (excluding diaryl/α,β-unsaturated/α-hetero) is 2. The molecular formula is C18H26N6O5. The molecular weight excluding hydrogens is 380 g/mol. The predicted molar refractivity (Wildman–Crippen MR) is 107 cm³/mol. The molecule has 29 heavy (non-hydrogen) atoms. The highest BCUT2D eigenvalue weighted by Gasteiger charge is 2.18. The number of carbonyl (C=O) groups is 3. The molecule has 0 aliphatic heterocycles. The number of guanidine groups is 1. The molecule has 0 aromatic heterocycles. The van der Waals surface area contributed by atoms with Gasteiger partial charge in [0, 0.05) is 12.1 Å². The summed E-state index contributed by atoms with van der Waals surface area (Å²) in [6.07, 6.45) is 0.757. The Morgan fingerprint density at radius 2 is 1.90 bits per heavy atom. The number of nitrogens with two attached hydrogens (primary N) is 1. The number of hydrogen-bond donors (Lipinski definition) is 3. The molecule has 1 rings (SSSR count). The summed E-state index contributed by atoms with van der Waals surface area (Å²) in [5.41, 5.74) is 5.86. The van der Waals surface area contributed by atoms with Crippen LogP contribution in [-0.2, 0) is 9.59 Å². The van der Waals surface area contributed by atoms with E-state index in [1.165, 1.54) is 6.92 Å². The van der Waals surface area contributed by atoms with Gasteiger partial charge in [-0.1, -0.05) is 30.3 Å². The fourth-order valence-corrected chi connectivity index (χ4v) is 2.52. The maximum absolute atomic E-state index is 12.2. The molecule has 0 fully saturated rings. The van der Waals surface area contributed by atoms with E-state index >= 15 is 0 Å². The average Bonchev–Trinajstić information content (AvgIpc) is 2.63. The Labute approximate surface area is 168 Å². The summed E-state index contributed by atoms with van der Waals surface area (Å²) < 4.78 is 0. The number of likely N-dealkylation sites (N-methyl/N-ethyl adjacent to an activating group) is 1. The van der Waals surface area contributed by atoms with Gasteiger partial charge >= 0.3 is 0 Å². The molecule has 0 aliphatic carbocycles. The molecule has 0 bridgehead atoms. The Bertz CT molecular complexity index is 752. The van der Waals surface area contributed by atoms with Crippen LogP contribution in [0.4, 0.5) is 0 Å². The lowest BCUT2D eigenvalue weighted by molar-refractivity contribution is -0.485. The summed E-state index contributed by atoms with van der Waals surface area (Å²) >= 11 is 0. The second-order valence-electron chi connectivity index (χ2n) is 6.48. The molecule has 0 radical (unpaired) electrons. The van der Waals surface area contributed by atoms with Gasteiger partial charge in [0.05, 0.1) is 19.1 Å². The molecule has 0 saturated heterocycles. The highest BCUT2D eigenvalue weighted by molar-refractivity contribution is 5.97. The normalized spacial score (nSPS) is 12.3. The number of hydrogen-bond acceptors (Lipinski definition) is 6. The fraction of sp³-hybridized carbons (Fsp3) is 0.444. The Kier molecular flexibility index (Phi) is 9.96. The van der Waals surface area contributed by atoms with Crippen LogP contribution in [0.2, 0.25) is 0 Å². The van der Waals surface area contributed by atoms with Gasteiger partial charge in [-0.25, -0.2) is 10.1 Å². The number of carbonyl (C=O) groups excluding carboxylic acids is 3. The van der Waals surface area contributed by atoms with Crippen molar-refractivity contribution in [1.82, 2.24) is 15.5 Å². The summed E-state index contributed by atoms with van der Waals surface area (Å²) in [4.78, 5) is 47.9. The molecule has 1 amide bonds. The zero-order chi connectivity index (χ0) is 21.8. The van der Waals surface area contributed by atoms with E-state index in [2.05, 4.69) is 15.7 Å². The number of hydrazone groups is 1. The number of nitro groups is 1. The molecule has 1 aromatic rings. The van der Waals surface area contributed by atoms with Crippen molar-refractivity contribution in [3.05, 3.63) is 46.0 Å². The Hall–Kier alpha value is -3.34. The Morgan fingerprint density at radius 3 is 2.48 bits per heavy atom. The van der Waals surface area contributed by atoms with Gasteiger partial charge in [-0.3, -0.25) is 19.3 Å². The standard InChI is InChI=1S/C18H26N6O5/c1-13(25)15(9-6-10-20-18(19)22-24(28)29)21-17(27)12-23(2)11-16(26)14-7-4-3-5-8-14/h3-5,7-8,15H,6,9-12H2,1-2H3,(H,21,27)(H3,19,20,22)/t15-/m0/s1. The highest BCUT2D eigenvalue weighted by Crippen LogP contribution is 2.02. The van der Waals surface area contributed by atoms with Crippen molar-refractivity contribution in [2.45, 2.75) is 25.8 Å². The van der Waals surface area contributed by atoms with E-state index in [1.807, 2.05) is 6.07 Å². The minimum absolute atomic E-state index is 0.0386. The highest BCUT2D eigenvalue weighted by atomic mass is 16.7. The quantitative estimate of drug-likeness (QED) is 0.107. The van der Waals surface area contributed by atoms with Crippen molar-refractivity contribution in [3.8, 4) is 0 Å². The molecule has 158 valence electrons. The van der Waals surface area contributed by atoms with Crippen molar-refractivity contribution in [1.29, 1.82) is 0 Å². The first kappa shape index (κ1) is 23.7. The van der Waals surface area contributed by atoms with Crippen molar-refractivity contribution in [2.24, 2.45) is 10.8 Å². The molecule has 1 atom stereocenters. The van der Waals surface area contributed by atoms with Crippen LogP contribution >= 0.6 is 0 Å². The van der Waals surface area contributed by atoms with Crippen LogP contribution in [0.5, 0.6) is 0 Å². The largest absolute Gasteiger partial charge is 0.365 e. The summed E-state index contributed by atoms with van der Waals surface area (Å²) in [5.74, 6) is -1.03. The first-order chi connectivity index (χ1) is 13.7. The van der Waals surface area contributed by atoms with Crippen molar-refractivity contribution >= 4 is 23.4 Å². The second-order valence-corrected chi connectivity index (χ2v) is 6.48. The molecule has 0 aliphatic rings. The number of benzene rings is 1. The van der Waals surface area contributed by atoms with E-state index < -0.39 is 11.1 Å². The minimum atomic E-state index is -0.917. The maximum Gasteiger partial charge on any atom is 0.266 e. The van der Waals surface area contributed by atoms with E-state index in [1.54, 1.807) is 36.2 Å². The Balaban J connectivity index is 2.42. The van der Waals surface area contributed by atoms with Gasteiger partial charge in [-0.2, -0.15) is 0 Å². The van der Waals surface area contributed by atoms with Crippen LogP contribution < -0.4 is 16.4 Å². The number of amides is 1. The van der Waals surface area contributed by atoms with Crippen LogP contribution in [0.25, 0.3) is 0 Å². The molecule has 0 unspecified atom stereocenters. The van der Waals surface area contributed by atoms with Crippen molar-refractivity contribution in [2.75, 3.05) is 26.7 Å². The van der Waals surface area contributed by atoms with Gasteiger partial charge in [-0.15, -0.1) is 0 Å². The Morgan fingerprint density at radius 1 is 1.24 bits per heavy atom.